The van der Waals surface area contributed by atoms with Gasteiger partial charge in [0.05, 0.1) is 12.7 Å². The van der Waals surface area contributed by atoms with E-state index in [0.29, 0.717) is 0 Å². The molecule has 1 aliphatic carbocycles. The summed E-state index contributed by atoms with van der Waals surface area (Å²) >= 11 is 0. The Labute approximate surface area is 109 Å². The van der Waals surface area contributed by atoms with Crippen LogP contribution in [-0.4, -0.2) is 41.6 Å². The molecular formula is C13H14FNO4. The Kier molecular flexibility index (Phi) is 3.69. The summed E-state index contributed by atoms with van der Waals surface area (Å²) in [7, 11) is 1.31. The van der Waals surface area contributed by atoms with Crippen LogP contribution in [0.2, 0.25) is 0 Å². The Balaban J connectivity index is 2.28. The van der Waals surface area contributed by atoms with Gasteiger partial charge in [0.1, 0.15) is 6.54 Å². The Hall–Kier alpha value is -2.11. The zero-order valence-corrected chi connectivity index (χ0v) is 10.4. The highest BCUT2D eigenvalue weighted by molar-refractivity contribution is 5.96. The van der Waals surface area contributed by atoms with Crippen LogP contribution in [0.5, 0.6) is 5.75 Å². The van der Waals surface area contributed by atoms with E-state index in [1.807, 2.05) is 0 Å². The zero-order chi connectivity index (χ0) is 14.0. The molecule has 0 bridgehead atoms. The third-order valence-corrected chi connectivity index (χ3v) is 2.97. The van der Waals surface area contributed by atoms with Crippen LogP contribution in [0.25, 0.3) is 0 Å². The number of carboxylic acid groups (broad SMARTS) is 1. The van der Waals surface area contributed by atoms with Crippen molar-refractivity contribution in [2.75, 3.05) is 13.7 Å². The second kappa shape index (κ2) is 5.26. The molecule has 0 unspecified atom stereocenters. The number of rotatable bonds is 5. The standard InChI is InChI=1S/C13H14FNO4/c1-19-10-4-2-3-9(12(10)14)13(18)15(7-11(16)17)8-5-6-8/h2-4,8H,5-7H2,1H3,(H,16,17). The second-order valence-electron chi connectivity index (χ2n) is 4.38. The van der Waals surface area contributed by atoms with Crippen molar-refractivity contribution in [1.82, 2.24) is 4.90 Å². The summed E-state index contributed by atoms with van der Waals surface area (Å²) in [5, 5.41) is 8.81. The van der Waals surface area contributed by atoms with Crippen molar-refractivity contribution < 1.29 is 23.8 Å². The molecule has 5 nitrogen and oxygen atoms in total. The minimum atomic E-state index is -1.11. The van der Waals surface area contributed by atoms with Crippen LogP contribution in [0.1, 0.15) is 23.2 Å². The molecule has 1 N–H and O–H groups in total. The highest BCUT2D eigenvalue weighted by atomic mass is 19.1. The number of hydrogen-bond acceptors (Lipinski definition) is 3. The summed E-state index contributed by atoms with van der Waals surface area (Å²) in [5.41, 5.74) is -0.160. The normalized spacial score (nSPS) is 14.0. The first-order chi connectivity index (χ1) is 9.04. The van der Waals surface area contributed by atoms with E-state index in [1.165, 1.54) is 30.2 Å². The van der Waals surface area contributed by atoms with Crippen LogP contribution in [0.15, 0.2) is 18.2 Å². The summed E-state index contributed by atoms with van der Waals surface area (Å²) in [6.45, 7) is -0.417. The topological polar surface area (TPSA) is 66.8 Å². The minimum absolute atomic E-state index is 0.0306. The summed E-state index contributed by atoms with van der Waals surface area (Å²) < 4.78 is 18.8. The molecule has 1 aliphatic rings. The fourth-order valence-corrected chi connectivity index (χ4v) is 1.89. The molecule has 2 rings (SSSR count). The van der Waals surface area contributed by atoms with E-state index in [0.717, 1.165) is 12.8 Å². The number of carbonyl (C=O) groups excluding carboxylic acids is 1. The van der Waals surface area contributed by atoms with Crippen molar-refractivity contribution in [2.24, 2.45) is 0 Å². The van der Waals surface area contributed by atoms with E-state index < -0.39 is 24.2 Å². The van der Waals surface area contributed by atoms with Gasteiger partial charge in [0, 0.05) is 6.04 Å². The molecule has 0 aliphatic heterocycles. The maximum Gasteiger partial charge on any atom is 0.323 e. The number of carbonyl (C=O) groups is 2. The van der Waals surface area contributed by atoms with Crippen LogP contribution < -0.4 is 4.74 Å². The maximum atomic E-state index is 14.0. The number of benzene rings is 1. The average Bonchev–Trinajstić information content (AvgIpc) is 3.19. The summed E-state index contributed by atoms with van der Waals surface area (Å²) in [6.07, 6.45) is 1.51. The number of aliphatic carboxylic acids is 1. The molecule has 19 heavy (non-hydrogen) atoms. The van der Waals surface area contributed by atoms with Crippen LogP contribution in [0, 0.1) is 5.82 Å². The lowest BCUT2D eigenvalue weighted by atomic mass is 10.1. The van der Waals surface area contributed by atoms with Crippen molar-refractivity contribution in [3.05, 3.63) is 29.6 Å². The molecule has 0 spiro atoms. The maximum absolute atomic E-state index is 14.0. The SMILES string of the molecule is COc1cccc(C(=O)N(CC(=O)O)C2CC2)c1F. The quantitative estimate of drug-likeness (QED) is 0.878. The number of methoxy groups -OCH3 is 1. The highest BCUT2D eigenvalue weighted by Gasteiger charge is 2.35. The molecule has 0 radical (unpaired) electrons. The summed E-state index contributed by atoms with van der Waals surface area (Å²) in [4.78, 5) is 24.2. The van der Waals surface area contributed by atoms with Gasteiger partial charge in [0.2, 0.25) is 0 Å². The van der Waals surface area contributed by atoms with Gasteiger partial charge in [-0.3, -0.25) is 9.59 Å². The monoisotopic (exact) mass is 267 g/mol. The fraction of sp³-hybridized carbons (Fsp3) is 0.385. The molecule has 0 atom stereocenters. The van der Waals surface area contributed by atoms with Crippen LogP contribution in [0.4, 0.5) is 4.39 Å². The minimum Gasteiger partial charge on any atom is -0.494 e. The van der Waals surface area contributed by atoms with Gasteiger partial charge in [-0.1, -0.05) is 6.07 Å². The van der Waals surface area contributed by atoms with Crippen LogP contribution in [-0.2, 0) is 4.79 Å². The number of halogens is 1. The lowest BCUT2D eigenvalue weighted by molar-refractivity contribution is -0.137. The molecule has 1 aromatic carbocycles. The van der Waals surface area contributed by atoms with Gasteiger partial charge in [-0.05, 0) is 25.0 Å². The first-order valence-electron chi connectivity index (χ1n) is 5.90. The van der Waals surface area contributed by atoms with Gasteiger partial charge in [-0.2, -0.15) is 0 Å². The zero-order valence-electron chi connectivity index (χ0n) is 10.4. The number of amides is 1. The van der Waals surface area contributed by atoms with Gasteiger partial charge < -0.3 is 14.7 Å². The molecule has 6 heteroatoms. The van der Waals surface area contributed by atoms with Gasteiger partial charge >= 0.3 is 5.97 Å². The number of ether oxygens (including phenoxy) is 1. The molecule has 1 saturated carbocycles. The number of nitrogens with zero attached hydrogens (tertiary/aromatic N) is 1. The Morgan fingerprint density at radius 1 is 1.47 bits per heavy atom. The second-order valence-corrected chi connectivity index (χ2v) is 4.38. The number of hydrogen-bond donors (Lipinski definition) is 1. The van der Waals surface area contributed by atoms with Crippen LogP contribution in [0.3, 0.4) is 0 Å². The van der Waals surface area contributed by atoms with Crippen LogP contribution >= 0.6 is 0 Å². The molecule has 0 saturated heterocycles. The Morgan fingerprint density at radius 2 is 2.16 bits per heavy atom. The van der Waals surface area contributed by atoms with Crippen molar-refractivity contribution in [3.8, 4) is 5.75 Å². The van der Waals surface area contributed by atoms with Crippen molar-refractivity contribution in [3.63, 3.8) is 0 Å². The summed E-state index contributed by atoms with van der Waals surface area (Å²) in [5.74, 6) is -2.51. The van der Waals surface area contributed by atoms with Crippen molar-refractivity contribution in [1.29, 1.82) is 0 Å². The summed E-state index contributed by atoms with van der Waals surface area (Å²) in [6, 6.07) is 4.14. The van der Waals surface area contributed by atoms with E-state index in [9.17, 15) is 14.0 Å². The van der Waals surface area contributed by atoms with Gasteiger partial charge in [0.15, 0.2) is 11.6 Å². The molecule has 102 valence electrons. The Morgan fingerprint density at radius 3 is 2.68 bits per heavy atom. The van der Waals surface area contributed by atoms with E-state index in [4.69, 9.17) is 9.84 Å². The van der Waals surface area contributed by atoms with Crippen molar-refractivity contribution in [2.45, 2.75) is 18.9 Å². The molecular weight excluding hydrogens is 253 g/mol. The average molecular weight is 267 g/mol. The fourth-order valence-electron chi connectivity index (χ4n) is 1.89. The molecule has 1 amide bonds. The predicted molar refractivity (Wildman–Crippen MR) is 64.6 cm³/mol. The number of carboxylic acids is 1. The third-order valence-electron chi connectivity index (χ3n) is 2.97. The van der Waals surface area contributed by atoms with E-state index >= 15 is 0 Å². The highest BCUT2D eigenvalue weighted by Crippen LogP contribution is 2.29. The lowest BCUT2D eigenvalue weighted by Crippen LogP contribution is -2.37. The molecule has 0 heterocycles. The van der Waals surface area contributed by atoms with E-state index in [-0.39, 0.29) is 17.4 Å². The molecule has 1 fully saturated rings. The third kappa shape index (κ3) is 2.83. The van der Waals surface area contributed by atoms with Crippen molar-refractivity contribution >= 4 is 11.9 Å². The smallest absolute Gasteiger partial charge is 0.323 e. The molecule has 1 aromatic rings. The van der Waals surface area contributed by atoms with E-state index in [2.05, 4.69) is 0 Å². The lowest BCUT2D eigenvalue weighted by Gasteiger charge is -2.20. The van der Waals surface area contributed by atoms with Gasteiger partial charge in [-0.25, -0.2) is 4.39 Å². The first-order valence-corrected chi connectivity index (χ1v) is 5.90. The van der Waals surface area contributed by atoms with Gasteiger partial charge in [0.25, 0.3) is 5.91 Å². The Bertz CT molecular complexity index is 513. The first kappa shape index (κ1) is 13.3. The van der Waals surface area contributed by atoms with Gasteiger partial charge in [-0.15, -0.1) is 0 Å². The molecule has 0 aromatic heterocycles. The van der Waals surface area contributed by atoms with E-state index in [1.54, 1.807) is 0 Å². The predicted octanol–water partition coefficient (Wildman–Crippen LogP) is 1.52. The largest absolute Gasteiger partial charge is 0.494 e.